The minimum Gasteiger partial charge on any atom is -0.230 e. The van der Waals surface area contributed by atoms with Gasteiger partial charge in [-0.1, -0.05) is 23.6 Å². The van der Waals surface area contributed by atoms with Crippen LogP contribution in [-0.2, 0) is 0 Å². The van der Waals surface area contributed by atoms with Gasteiger partial charge >= 0.3 is 0 Å². The van der Waals surface area contributed by atoms with Crippen molar-refractivity contribution in [3.63, 3.8) is 0 Å². The topological polar surface area (TPSA) is 39.4 Å². The van der Waals surface area contributed by atoms with Crippen molar-refractivity contribution in [2.75, 3.05) is 10.7 Å². The van der Waals surface area contributed by atoms with Crippen LogP contribution in [0, 0.1) is 28.7 Å². The van der Waals surface area contributed by atoms with Crippen LogP contribution in [0.1, 0.15) is 26.3 Å². The van der Waals surface area contributed by atoms with Crippen LogP contribution in [0.5, 0.6) is 0 Å². The summed E-state index contributed by atoms with van der Waals surface area (Å²) < 4.78 is 1.36. The molecule has 3 nitrogen and oxygen atoms in total. The van der Waals surface area contributed by atoms with Crippen molar-refractivity contribution in [3.05, 3.63) is 29.8 Å². The summed E-state index contributed by atoms with van der Waals surface area (Å²) in [5.74, 6) is 6.29. The first-order valence-electron chi connectivity index (χ1n) is 5.97. The molecule has 0 aliphatic heterocycles. The summed E-state index contributed by atoms with van der Waals surface area (Å²) in [6.45, 7) is 6.20. The average molecular weight is 306 g/mol. The molecule has 0 N–H and O–H groups in total. The molecule has 0 bridgehead atoms. The normalized spacial score (nSPS) is 11.3. The number of nitrogens with zero attached hydrogens (tertiary/aromatic N) is 3. The Balaban J connectivity index is 2.94. The third kappa shape index (κ3) is 5.17. The first-order chi connectivity index (χ1) is 9.37. The van der Waals surface area contributed by atoms with Gasteiger partial charge in [-0.15, -0.1) is 4.99 Å². The molecule has 0 unspecified atom stereocenters. The number of aliphatic imine (C=N–C) groups is 1. The second kappa shape index (κ2) is 7.24. The van der Waals surface area contributed by atoms with E-state index in [1.807, 2.05) is 30.5 Å². The number of halogens is 1. The zero-order valence-electron chi connectivity index (χ0n) is 11.9. The smallest absolute Gasteiger partial charge is 0.208 e. The van der Waals surface area contributed by atoms with Gasteiger partial charge in [-0.05, 0) is 51.3 Å². The monoisotopic (exact) mass is 305 g/mol. The van der Waals surface area contributed by atoms with Gasteiger partial charge in [0.1, 0.15) is 0 Å². The average Bonchev–Trinajstić information content (AvgIpc) is 2.41. The Kier molecular flexibility index (Phi) is 5.95. The van der Waals surface area contributed by atoms with Crippen LogP contribution in [-0.4, -0.2) is 11.4 Å². The van der Waals surface area contributed by atoms with Gasteiger partial charge < -0.3 is 0 Å². The fourth-order valence-electron chi connectivity index (χ4n) is 1.26. The Morgan fingerprint density at radius 3 is 2.35 bits per heavy atom. The molecule has 104 valence electrons. The lowest BCUT2D eigenvalue weighted by atomic mass is 9.97. The summed E-state index contributed by atoms with van der Waals surface area (Å²) in [7, 11) is 0. The van der Waals surface area contributed by atoms with Gasteiger partial charge in [0.2, 0.25) is 6.19 Å². The zero-order valence-corrected chi connectivity index (χ0v) is 13.5. The van der Waals surface area contributed by atoms with E-state index in [0.717, 1.165) is 11.3 Å². The molecule has 0 saturated carbocycles. The summed E-state index contributed by atoms with van der Waals surface area (Å²) in [6, 6.07) is 7.49. The van der Waals surface area contributed by atoms with Crippen molar-refractivity contribution in [2.45, 2.75) is 20.8 Å². The summed E-state index contributed by atoms with van der Waals surface area (Å²) in [5, 5.41) is 9.03. The number of hydrogen-bond acceptors (Lipinski definition) is 3. The first kappa shape index (κ1) is 16.4. The predicted molar refractivity (Wildman–Crippen MR) is 87.7 cm³/mol. The highest BCUT2D eigenvalue weighted by Gasteiger charge is 2.10. The molecule has 0 aromatic heterocycles. The van der Waals surface area contributed by atoms with Gasteiger partial charge in [0.25, 0.3) is 0 Å². The van der Waals surface area contributed by atoms with E-state index in [9.17, 15) is 0 Å². The molecular weight excluding hydrogens is 290 g/mol. The van der Waals surface area contributed by atoms with Crippen LogP contribution in [0.25, 0.3) is 0 Å². The SMILES string of the molecule is CSC(=NC#N)N(Cl)c1ccc(C#CC(C)(C)C)cc1. The lowest BCUT2D eigenvalue weighted by molar-refractivity contribution is 0.571. The first-order valence-corrected chi connectivity index (χ1v) is 7.53. The van der Waals surface area contributed by atoms with Crippen LogP contribution in [0.2, 0.25) is 0 Å². The molecule has 0 atom stereocenters. The lowest BCUT2D eigenvalue weighted by Crippen LogP contribution is -2.16. The van der Waals surface area contributed by atoms with Gasteiger partial charge in [0.15, 0.2) is 5.17 Å². The van der Waals surface area contributed by atoms with Crippen LogP contribution in [0.4, 0.5) is 5.69 Å². The van der Waals surface area contributed by atoms with Gasteiger partial charge in [-0.25, -0.2) is 4.42 Å². The van der Waals surface area contributed by atoms with Crippen molar-refractivity contribution in [3.8, 4) is 18.0 Å². The molecule has 1 aromatic carbocycles. The van der Waals surface area contributed by atoms with Crippen LogP contribution < -0.4 is 4.42 Å². The molecule has 0 saturated heterocycles. The highest BCUT2D eigenvalue weighted by molar-refractivity contribution is 8.13. The number of benzene rings is 1. The Bertz CT molecular complexity index is 583. The Morgan fingerprint density at radius 2 is 1.90 bits per heavy atom. The van der Waals surface area contributed by atoms with Crippen LogP contribution >= 0.6 is 23.5 Å². The van der Waals surface area contributed by atoms with E-state index in [0.29, 0.717) is 5.17 Å². The molecule has 0 aliphatic carbocycles. The fraction of sp³-hybridized carbons (Fsp3) is 0.333. The standard InChI is InChI=1S/C15H16ClN3S/c1-15(2,3)10-9-12-5-7-13(8-6-12)19(16)14(20-4)18-11-17/h5-8H,1-4H3. The molecule has 0 radical (unpaired) electrons. The van der Waals surface area contributed by atoms with Crippen molar-refractivity contribution in [1.82, 2.24) is 0 Å². The maximum Gasteiger partial charge on any atom is 0.208 e. The van der Waals surface area contributed by atoms with Crippen molar-refractivity contribution in [2.24, 2.45) is 10.4 Å². The largest absolute Gasteiger partial charge is 0.230 e. The number of rotatable bonds is 1. The molecular formula is C15H16ClN3S. The van der Waals surface area contributed by atoms with Gasteiger partial charge in [0, 0.05) is 22.8 Å². The van der Waals surface area contributed by atoms with Crippen molar-refractivity contribution < 1.29 is 0 Å². The maximum absolute atomic E-state index is 8.60. The van der Waals surface area contributed by atoms with Crippen LogP contribution in [0.3, 0.4) is 0 Å². The molecule has 20 heavy (non-hydrogen) atoms. The number of nitriles is 1. The summed E-state index contributed by atoms with van der Waals surface area (Å²) in [6.07, 6.45) is 3.55. The van der Waals surface area contributed by atoms with Gasteiger partial charge in [0.05, 0.1) is 5.69 Å². The molecule has 0 aliphatic rings. The molecule has 0 fully saturated rings. The highest BCUT2D eigenvalue weighted by Crippen LogP contribution is 2.21. The number of thioether (sulfide) groups is 1. The predicted octanol–water partition coefficient (Wildman–Crippen LogP) is 4.24. The van der Waals surface area contributed by atoms with Crippen LogP contribution in [0.15, 0.2) is 29.3 Å². The van der Waals surface area contributed by atoms with E-state index in [1.165, 1.54) is 16.2 Å². The number of amidine groups is 1. The maximum atomic E-state index is 8.60. The molecule has 0 heterocycles. The Hall–Kier alpha value is -1.62. The van der Waals surface area contributed by atoms with E-state index in [1.54, 1.807) is 6.19 Å². The fourth-order valence-corrected chi connectivity index (χ4v) is 2.01. The molecule has 0 amide bonds. The van der Waals surface area contributed by atoms with Gasteiger partial charge in [-0.2, -0.15) is 5.26 Å². The number of anilines is 1. The lowest BCUT2D eigenvalue weighted by Gasteiger charge is -2.15. The van der Waals surface area contributed by atoms with E-state index < -0.39 is 0 Å². The summed E-state index contributed by atoms with van der Waals surface area (Å²) in [4.78, 5) is 3.66. The van der Waals surface area contributed by atoms with Crippen molar-refractivity contribution >= 4 is 34.4 Å². The quantitative estimate of drug-likeness (QED) is 0.256. The second-order valence-corrected chi connectivity index (χ2v) is 6.14. The zero-order chi connectivity index (χ0) is 15.2. The Labute approximate surface area is 129 Å². The molecule has 0 spiro atoms. The van der Waals surface area contributed by atoms with Gasteiger partial charge in [-0.3, -0.25) is 0 Å². The van der Waals surface area contributed by atoms with E-state index >= 15 is 0 Å². The van der Waals surface area contributed by atoms with E-state index in [4.69, 9.17) is 17.0 Å². The minimum atomic E-state index is -0.0251. The third-order valence-corrected chi connectivity index (χ3v) is 3.27. The highest BCUT2D eigenvalue weighted by atomic mass is 35.5. The van der Waals surface area contributed by atoms with E-state index in [2.05, 4.69) is 37.6 Å². The Morgan fingerprint density at radius 1 is 1.30 bits per heavy atom. The van der Waals surface area contributed by atoms with E-state index in [-0.39, 0.29) is 5.41 Å². The second-order valence-electron chi connectivity index (χ2n) is 5.03. The third-order valence-electron chi connectivity index (χ3n) is 2.17. The molecule has 1 rings (SSSR count). The molecule has 5 heteroatoms. The number of hydrogen-bond donors (Lipinski definition) is 0. The van der Waals surface area contributed by atoms with Crippen molar-refractivity contribution in [1.29, 1.82) is 5.26 Å². The molecule has 1 aromatic rings. The summed E-state index contributed by atoms with van der Waals surface area (Å²) >= 11 is 7.46. The summed E-state index contributed by atoms with van der Waals surface area (Å²) in [5.41, 5.74) is 1.65. The minimum absolute atomic E-state index is 0.0251.